The number of hydrogen-bond donors (Lipinski definition) is 5. The lowest BCUT2D eigenvalue weighted by atomic mass is 10.1. The van der Waals surface area contributed by atoms with Gasteiger partial charge in [-0.05, 0) is 12.5 Å². The van der Waals surface area contributed by atoms with Crippen LogP contribution in [0.4, 0.5) is 11.4 Å². The van der Waals surface area contributed by atoms with Gasteiger partial charge in [0.2, 0.25) is 11.8 Å². The second-order valence-corrected chi connectivity index (χ2v) is 7.20. The Morgan fingerprint density at radius 3 is 2.22 bits per heavy atom. The molecule has 0 aliphatic heterocycles. The SMILES string of the molecule is NCC(=O)N[C@H](CSc1ccc([N+](=O)[O-])cc1[N+](=O)[O-])C(=O)N[C@H](CCC(=O)O)C(=O)O. The molecule has 0 heterocycles. The summed E-state index contributed by atoms with van der Waals surface area (Å²) in [6, 6.07) is -0.0856. The van der Waals surface area contributed by atoms with E-state index >= 15 is 0 Å². The third-order valence-electron chi connectivity index (χ3n) is 3.85. The summed E-state index contributed by atoms with van der Waals surface area (Å²) in [5.74, 6) is -4.86. The maximum absolute atomic E-state index is 12.5. The van der Waals surface area contributed by atoms with Crippen molar-refractivity contribution in [3.63, 3.8) is 0 Å². The van der Waals surface area contributed by atoms with E-state index in [0.29, 0.717) is 11.8 Å². The van der Waals surface area contributed by atoms with Gasteiger partial charge in [0.05, 0.1) is 27.4 Å². The van der Waals surface area contributed by atoms with Crippen LogP contribution >= 0.6 is 11.8 Å². The summed E-state index contributed by atoms with van der Waals surface area (Å²) < 4.78 is 0. The quantitative estimate of drug-likeness (QED) is 0.138. The molecule has 0 spiro atoms. The van der Waals surface area contributed by atoms with E-state index in [2.05, 4.69) is 10.6 Å². The first-order chi connectivity index (χ1) is 15.0. The van der Waals surface area contributed by atoms with Crippen molar-refractivity contribution in [2.75, 3.05) is 12.3 Å². The average Bonchev–Trinajstić information content (AvgIpc) is 2.72. The number of carboxylic acid groups (broad SMARTS) is 2. The molecular weight excluding hydrogens is 454 g/mol. The van der Waals surface area contributed by atoms with Gasteiger partial charge in [-0.2, -0.15) is 0 Å². The first-order valence-electron chi connectivity index (χ1n) is 8.76. The Kier molecular flexibility index (Phi) is 9.97. The van der Waals surface area contributed by atoms with Gasteiger partial charge in [0.15, 0.2) is 0 Å². The number of aliphatic carboxylic acids is 2. The molecular formula is C16H19N5O10S. The summed E-state index contributed by atoms with van der Waals surface area (Å²) in [6.07, 6.45) is -0.963. The van der Waals surface area contributed by atoms with Crippen molar-refractivity contribution in [3.8, 4) is 0 Å². The van der Waals surface area contributed by atoms with Gasteiger partial charge in [-0.3, -0.25) is 34.6 Å². The van der Waals surface area contributed by atoms with E-state index in [0.717, 1.165) is 18.2 Å². The molecule has 0 aromatic heterocycles. The number of carbonyl (C=O) groups excluding carboxylic acids is 2. The number of nitro benzene ring substituents is 2. The monoisotopic (exact) mass is 473 g/mol. The minimum atomic E-state index is -1.56. The molecule has 16 heteroatoms. The first-order valence-corrected chi connectivity index (χ1v) is 9.74. The van der Waals surface area contributed by atoms with E-state index in [-0.39, 0.29) is 10.6 Å². The van der Waals surface area contributed by atoms with Crippen molar-refractivity contribution in [1.82, 2.24) is 10.6 Å². The molecule has 0 saturated heterocycles. The molecule has 1 rings (SSSR count). The standard InChI is InChI=1S/C16H19N5O10S/c17-6-13(22)18-10(15(25)19-9(16(26)27)2-4-14(23)24)7-32-12-3-1-8(20(28)29)5-11(12)21(30)31/h1,3,5,9-10H,2,4,6-7,17H2,(H,18,22)(H,19,25)(H,23,24)(H,26,27)/t9-,10-/m1/s1. The van der Waals surface area contributed by atoms with Gasteiger partial charge in [-0.1, -0.05) is 0 Å². The molecule has 0 aliphatic rings. The van der Waals surface area contributed by atoms with Crippen LogP contribution in [0.2, 0.25) is 0 Å². The van der Waals surface area contributed by atoms with Gasteiger partial charge in [-0.15, -0.1) is 11.8 Å². The second kappa shape index (κ2) is 12.2. The van der Waals surface area contributed by atoms with E-state index in [9.17, 15) is 44.5 Å². The largest absolute Gasteiger partial charge is 0.481 e. The van der Waals surface area contributed by atoms with Crippen LogP contribution in [-0.2, 0) is 19.2 Å². The topological polar surface area (TPSA) is 245 Å². The fourth-order valence-corrected chi connectivity index (χ4v) is 3.32. The van der Waals surface area contributed by atoms with Gasteiger partial charge >= 0.3 is 11.9 Å². The van der Waals surface area contributed by atoms with Crippen LogP contribution in [-0.4, -0.2) is 68.2 Å². The van der Waals surface area contributed by atoms with Crippen molar-refractivity contribution >= 4 is 46.9 Å². The Morgan fingerprint density at radius 2 is 1.72 bits per heavy atom. The van der Waals surface area contributed by atoms with Gasteiger partial charge in [0.1, 0.15) is 12.1 Å². The summed E-state index contributed by atoms with van der Waals surface area (Å²) in [6.45, 7) is -0.506. The summed E-state index contributed by atoms with van der Waals surface area (Å²) in [4.78, 5) is 66.5. The fourth-order valence-electron chi connectivity index (χ4n) is 2.29. The number of rotatable bonds is 13. The molecule has 174 valence electrons. The lowest BCUT2D eigenvalue weighted by molar-refractivity contribution is -0.396. The van der Waals surface area contributed by atoms with E-state index in [1.807, 2.05) is 0 Å². The molecule has 2 amide bonds. The zero-order valence-corrected chi connectivity index (χ0v) is 17.1. The molecule has 2 atom stereocenters. The highest BCUT2D eigenvalue weighted by atomic mass is 32.2. The highest BCUT2D eigenvalue weighted by Crippen LogP contribution is 2.32. The number of hydrogen-bond acceptors (Lipinski definition) is 10. The minimum Gasteiger partial charge on any atom is -0.481 e. The lowest BCUT2D eigenvalue weighted by Crippen LogP contribution is -2.53. The molecule has 6 N–H and O–H groups in total. The van der Waals surface area contributed by atoms with Crippen molar-refractivity contribution in [1.29, 1.82) is 0 Å². The first kappa shape index (κ1) is 26.2. The van der Waals surface area contributed by atoms with Crippen LogP contribution in [0.1, 0.15) is 12.8 Å². The second-order valence-electron chi connectivity index (χ2n) is 6.13. The van der Waals surface area contributed by atoms with Gasteiger partial charge in [-0.25, -0.2) is 4.79 Å². The predicted molar refractivity (Wildman–Crippen MR) is 108 cm³/mol. The highest BCUT2D eigenvalue weighted by molar-refractivity contribution is 7.99. The number of thioether (sulfide) groups is 1. The summed E-state index contributed by atoms with van der Waals surface area (Å²) in [7, 11) is 0. The molecule has 0 fully saturated rings. The van der Waals surface area contributed by atoms with Gasteiger partial charge in [0.25, 0.3) is 11.4 Å². The molecule has 0 bridgehead atoms. The minimum absolute atomic E-state index is 0.0407. The van der Waals surface area contributed by atoms with E-state index in [1.54, 1.807) is 0 Å². The van der Waals surface area contributed by atoms with Crippen molar-refractivity contribution in [2.45, 2.75) is 29.8 Å². The van der Waals surface area contributed by atoms with Crippen molar-refractivity contribution < 1.29 is 39.2 Å². The number of nitro groups is 2. The Labute approximate surface area is 183 Å². The van der Waals surface area contributed by atoms with Gasteiger partial charge < -0.3 is 26.6 Å². The van der Waals surface area contributed by atoms with E-state index < -0.39 is 76.4 Å². The van der Waals surface area contributed by atoms with Crippen LogP contribution in [0.15, 0.2) is 23.1 Å². The van der Waals surface area contributed by atoms with Crippen molar-refractivity contribution in [2.24, 2.45) is 5.73 Å². The summed E-state index contributed by atoms with van der Waals surface area (Å²) >= 11 is 0.716. The number of carbonyl (C=O) groups is 4. The number of nitrogens with one attached hydrogen (secondary N) is 2. The lowest BCUT2D eigenvalue weighted by Gasteiger charge is -2.21. The zero-order chi connectivity index (χ0) is 24.4. The van der Waals surface area contributed by atoms with Crippen LogP contribution in [0.25, 0.3) is 0 Å². The summed E-state index contributed by atoms with van der Waals surface area (Å²) in [5.41, 5.74) is 4.09. The maximum atomic E-state index is 12.5. The van der Waals surface area contributed by atoms with Crippen LogP contribution in [0.5, 0.6) is 0 Å². The molecule has 0 aliphatic carbocycles. The Bertz CT molecular complexity index is 924. The predicted octanol–water partition coefficient (Wildman–Crippen LogP) is -0.527. The number of non-ortho nitro benzene ring substituents is 1. The summed E-state index contributed by atoms with van der Waals surface area (Å²) in [5, 5.41) is 44.3. The molecule has 0 radical (unpaired) electrons. The smallest absolute Gasteiger partial charge is 0.326 e. The Hall–Kier alpha value is -3.79. The van der Waals surface area contributed by atoms with E-state index in [4.69, 9.17) is 10.8 Å². The third kappa shape index (κ3) is 8.15. The Balaban J connectivity index is 3.05. The van der Waals surface area contributed by atoms with E-state index in [1.165, 1.54) is 0 Å². The Morgan fingerprint density at radius 1 is 1.06 bits per heavy atom. The molecule has 1 aromatic rings. The van der Waals surface area contributed by atoms with Crippen LogP contribution < -0.4 is 16.4 Å². The maximum Gasteiger partial charge on any atom is 0.326 e. The van der Waals surface area contributed by atoms with Gasteiger partial charge in [0, 0.05) is 18.2 Å². The number of carboxylic acids is 2. The van der Waals surface area contributed by atoms with Crippen LogP contribution in [0, 0.1) is 20.2 Å². The number of benzene rings is 1. The van der Waals surface area contributed by atoms with Crippen LogP contribution in [0.3, 0.4) is 0 Å². The zero-order valence-electron chi connectivity index (χ0n) is 16.3. The highest BCUT2D eigenvalue weighted by Gasteiger charge is 2.28. The molecule has 32 heavy (non-hydrogen) atoms. The third-order valence-corrected chi connectivity index (χ3v) is 5.01. The fraction of sp³-hybridized carbons (Fsp3) is 0.375. The van der Waals surface area contributed by atoms with Crippen molar-refractivity contribution in [3.05, 3.63) is 38.4 Å². The molecule has 0 unspecified atom stereocenters. The average molecular weight is 473 g/mol. The number of amides is 2. The number of nitrogens with zero attached hydrogens (tertiary/aromatic N) is 2. The molecule has 1 aromatic carbocycles. The normalized spacial score (nSPS) is 12.3. The molecule has 0 saturated carbocycles. The number of nitrogens with two attached hydrogens (primary N) is 1. The molecule has 15 nitrogen and oxygen atoms in total.